The fraction of sp³-hybridized carbons (Fsp3) is 0.242. The maximum Gasteiger partial charge on any atom is 0.338 e. The zero-order chi connectivity index (χ0) is 26.0. The second kappa shape index (κ2) is 10.5. The van der Waals surface area contributed by atoms with Gasteiger partial charge in [-0.25, -0.2) is 4.79 Å². The first-order chi connectivity index (χ1) is 18.7. The molecule has 0 amide bonds. The topological polar surface area (TPSA) is 54.0 Å². The van der Waals surface area contributed by atoms with Crippen molar-refractivity contribution in [1.29, 1.82) is 0 Å². The molecule has 1 aliphatic carbocycles. The van der Waals surface area contributed by atoms with Gasteiger partial charge in [0.25, 0.3) is 0 Å². The van der Waals surface area contributed by atoms with Gasteiger partial charge in [-0.2, -0.15) is 0 Å². The van der Waals surface area contributed by atoms with Gasteiger partial charge in [0.15, 0.2) is 12.4 Å². The summed E-state index contributed by atoms with van der Waals surface area (Å²) >= 11 is 0. The normalized spacial score (nSPS) is 24.0. The summed E-state index contributed by atoms with van der Waals surface area (Å²) in [6.07, 6.45) is -1.17. The van der Waals surface area contributed by atoms with Crippen molar-refractivity contribution in [2.24, 2.45) is 11.8 Å². The monoisotopic (exact) mass is 506 g/mol. The van der Waals surface area contributed by atoms with E-state index >= 15 is 0 Å². The molecule has 1 saturated carbocycles. The van der Waals surface area contributed by atoms with Gasteiger partial charge in [0.05, 0.1) is 18.3 Å². The van der Waals surface area contributed by atoms with Crippen molar-refractivity contribution in [3.8, 4) is 0 Å². The van der Waals surface area contributed by atoms with Gasteiger partial charge in [0.1, 0.15) is 5.60 Å². The van der Waals surface area contributed by atoms with Crippen LogP contribution in [0.5, 0.6) is 0 Å². The maximum absolute atomic E-state index is 12.8. The Morgan fingerprint density at radius 1 is 0.737 bits per heavy atom. The molecule has 6 rings (SSSR count). The molecule has 192 valence electrons. The Labute approximate surface area is 222 Å². The van der Waals surface area contributed by atoms with E-state index < -0.39 is 18.0 Å². The van der Waals surface area contributed by atoms with Crippen LogP contribution in [0.3, 0.4) is 0 Å². The highest BCUT2D eigenvalue weighted by atomic mass is 16.7. The van der Waals surface area contributed by atoms with Crippen LogP contribution in [0.2, 0.25) is 0 Å². The first-order valence-electron chi connectivity index (χ1n) is 13.0. The van der Waals surface area contributed by atoms with Crippen LogP contribution in [0.1, 0.15) is 27.0 Å². The third-order valence-electron chi connectivity index (χ3n) is 7.61. The lowest BCUT2D eigenvalue weighted by Gasteiger charge is -2.36. The molecule has 0 N–H and O–H groups in total. The summed E-state index contributed by atoms with van der Waals surface area (Å²) in [6.45, 7) is 0.434. The Hall–Kier alpha value is -3.77. The Morgan fingerprint density at radius 2 is 1.21 bits per heavy atom. The Bertz CT molecular complexity index is 1250. The number of rotatable bonds is 9. The lowest BCUT2D eigenvalue weighted by molar-refractivity contribution is -0.166. The summed E-state index contributed by atoms with van der Waals surface area (Å²) in [5.41, 5.74) is 2.84. The van der Waals surface area contributed by atoms with Crippen molar-refractivity contribution < 1.29 is 23.7 Å². The molecular formula is C33H30O5. The highest BCUT2D eigenvalue weighted by Gasteiger charge is 2.66. The van der Waals surface area contributed by atoms with Crippen molar-refractivity contribution in [2.75, 3.05) is 13.7 Å². The second-order valence-electron chi connectivity index (χ2n) is 9.77. The van der Waals surface area contributed by atoms with Crippen molar-refractivity contribution in [1.82, 2.24) is 0 Å². The van der Waals surface area contributed by atoms with Gasteiger partial charge in [0, 0.05) is 18.9 Å². The van der Waals surface area contributed by atoms with Gasteiger partial charge in [-0.1, -0.05) is 109 Å². The van der Waals surface area contributed by atoms with Crippen molar-refractivity contribution in [3.63, 3.8) is 0 Å². The van der Waals surface area contributed by atoms with Gasteiger partial charge >= 0.3 is 5.97 Å². The minimum atomic E-state index is -0.808. The van der Waals surface area contributed by atoms with Crippen LogP contribution in [-0.2, 0) is 24.5 Å². The fourth-order valence-electron chi connectivity index (χ4n) is 5.69. The number of hydrogen-bond donors (Lipinski definition) is 0. The van der Waals surface area contributed by atoms with E-state index in [1.54, 1.807) is 19.2 Å². The largest absolute Gasteiger partial charge is 0.453 e. The first-order valence-corrected chi connectivity index (χ1v) is 13.0. The summed E-state index contributed by atoms with van der Waals surface area (Å²) in [5, 5.41) is 0. The number of hydrogen-bond acceptors (Lipinski definition) is 5. The minimum absolute atomic E-state index is 0.00707. The highest BCUT2D eigenvalue weighted by Crippen LogP contribution is 2.54. The average molecular weight is 507 g/mol. The Kier molecular flexibility index (Phi) is 6.81. The zero-order valence-corrected chi connectivity index (χ0v) is 21.2. The highest BCUT2D eigenvalue weighted by molar-refractivity contribution is 5.89. The fourth-order valence-corrected chi connectivity index (χ4v) is 5.69. The number of carbonyl (C=O) groups is 1. The summed E-state index contributed by atoms with van der Waals surface area (Å²) in [5.74, 6) is -0.293. The van der Waals surface area contributed by atoms with Crippen LogP contribution in [0.15, 0.2) is 121 Å². The van der Waals surface area contributed by atoms with Crippen LogP contribution in [0.25, 0.3) is 0 Å². The van der Waals surface area contributed by atoms with E-state index in [4.69, 9.17) is 18.9 Å². The van der Waals surface area contributed by atoms with E-state index in [9.17, 15) is 4.79 Å². The summed E-state index contributed by atoms with van der Waals surface area (Å²) in [6, 6.07) is 39.9. The molecule has 0 radical (unpaired) electrons. The predicted octanol–water partition coefficient (Wildman–Crippen LogP) is 5.84. The third-order valence-corrected chi connectivity index (χ3v) is 7.61. The molecule has 1 aliphatic heterocycles. The molecule has 0 aromatic heterocycles. The van der Waals surface area contributed by atoms with E-state index in [0.717, 1.165) is 16.7 Å². The predicted molar refractivity (Wildman–Crippen MR) is 143 cm³/mol. The standard InChI is InChI=1S/C33H30O5/c1-35-32-30(37-31(34)23-14-6-2-7-15-23)28-27(29(28)38-32)22-36-33(24-16-8-3-9-17-24,25-18-10-4-11-19-25)26-20-12-5-13-21-26/h2-21,27-30,32H,22H2,1H3/t27-,28-,29+,30+,32-/m0/s1. The number of carbonyl (C=O) groups excluding carboxylic acids is 1. The smallest absolute Gasteiger partial charge is 0.338 e. The van der Waals surface area contributed by atoms with E-state index in [2.05, 4.69) is 36.4 Å². The molecule has 1 saturated heterocycles. The Morgan fingerprint density at radius 3 is 1.68 bits per heavy atom. The van der Waals surface area contributed by atoms with Crippen LogP contribution in [0, 0.1) is 11.8 Å². The summed E-state index contributed by atoms with van der Waals surface area (Å²) < 4.78 is 24.6. The van der Waals surface area contributed by atoms with Crippen LogP contribution < -0.4 is 0 Å². The Balaban J connectivity index is 1.28. The number of ether oxygens (including phenoxy) is 4. The van der Waals surface area contributed by atoms with Gasteiger partial charge < -0.3 is 18.9 Å². The van der Waals surface area contributed by atoms with Crippen LogP contribution in [-0.4, -0.2) is 38.2 Å². The van der Waals surface area contributed by atoms with E-state index in [0.29, 0.717) is 12.2 Å². The summed E-state index contributed by atoms with van der Waals surface area (Å²) in [4.78, 5) is 12.8. The lowest BCUT2D eigenvalue weighted by atomic mass is 9.80. The number of methoxy groups -OCH3 is 1. The molecule has 5 nitrogen and oxygen atoms in total. The lowest BCUT2D eigenvalue weighted by Crippen LogP contribution is -2.37. The van der Waals surface area contributed by atoms with E-state index in [1.807, 2.05) is 72.8 Å². The van der Waals surface area contributed by atoms with Gasteiger partial charge in [-0.05, 0) is 28.8 Å². The maximum atomic E-state index is 12.8. The molecule has 5 atom stereocenters. The molecule has 38 heavy (non-hydrogen) atoms. The van der Waals surface area contributed by atoms with Gasteiger partial charge in [0.2, 0.25) is 0 Å². The molecule has 4 aromatic carbocycles. The van der Waals surface area contributed by atoms with E-state index in [1.165, 1.54) is 0 Å². The molecule has 1 heterocycles. The number of esters is 1. The van der Waals surface area contributed by atoms with Gasteiger partial charge in [-0.15, -0.1) is 0 Å². The average Bonchev–Trinajstić information content (AvgIpc) is 3.55. The second-order valence-corrected chi connectivity index (χ2v) is 9.77. The summed E-state index contributed by atoms with van der Waals surface area (Å²) in [7, 11) is 1.58. The van der Waals surface area contributed by atoms with Gasteiger partial charge in [-0.3, -0.25) is 0 Å². The molecule has 2 fully saturated rings. The zero-order valence-electron chi connectivity index (χ0n) is 21.2. The van der Waals surface area contributed by atoms with E-state index in [-0.39, 0.29) is 23.9 Å². The molecular weight excluding hydrogens is 476 g/mol. The molecule has 0 bridgehead atoms. The first kappa shape index (κ1) is 24.6. The molecule has 2 aliphatic rings. The molecule has 4 aromatic rings. The van der Waals surface area contributed by atoms with Crippen molar-refractivity contribution in [2.45, 2.75) is 24.1 Å². The molecule has 0 unspecified atom stereocenters. The van der Waals surface area contributed by atoms with Crippen molar-refractivity contribution in [3.05, 3.63) is 144 Å². The van der Waals surface area contributed by atoms with Crippen molar-refractivity contribution >= 4 is 5.97 Å². The third kappa shape index (κ3) is 4.43. The minimum Gasteiger partial charge on any atom is -0.453 e. The number of benzene rings is 4. The molecule has 5 heteroatoms. The quantitative estimate of drug-likeness (QED) is 0.211. The van der Waals surface area contributed by atoms with Crippen LogP contribution >= 0.6 is 0 Å². The number of fused-ring (bicyclic) bond motifs is 1. The molecule has 0 spiro atoms. The SMILES string of the molecule is CO[C@H]1O[C@@H]2[C@@H](COC(c3ccccc3)(c3ccccc3)c3ccccc3)[C@@H]2[C@H]1OC(=O)c1ccccc1. The van der Waals surface area contributed by atoms with Crippen LogP contribution in [0.4, 0.5) is 0 Å².